The fraction of sp³-hybridized carbons (Fsp3) is 0.200. The Bertz CT molecular complexity index is 672. The standard InChI is InChI=1S/C15H12ClF3N2O/c1-10(21-22-9-12-4-2-3-7-20-12)13-8-11(16)5-6-14(13)15(17,18)19/h2-8H,9H2,1H3. The summed E-state index contributed by atoms with van der Waals surface area (Å²) in [5.41, 5.74) is -0.201. The van der Waals surface area contributed by atoms with Gasteiger partial charge < -0.3 is 4.84 Å². The lowest BCUT2D eigenvalue weighted by Crippen LogP contribution is -2.12. The van der Waals surface area contributed by atoms with Gasteiger partial charge in [-0.15, -0.1) is 0 Å². The Balaban J connectivity index is 2.19. The van der Waals surface area contributed by atoms with Crippen LogP contribution >= 0.6 is 11.6 Å². The van der Waals surface area contributed by atoms with Gasteiger partial charge in [0.05, 0.1) is 17.0 Å². The molecule has 0 fully saturated rings. The molecular weight excluding hydrogens is 317 g/mol. The average Bonchev–Trinajstić information content (AvgIpc) is 2.47. The molecule has 0 aliphatic heterocycles. The lowest BCUT2D eigenvalue weighted by atomic mass is 10.0. The molecule has 0 atom stereocenters. The number of benzene rings is 1. The van der Waals surface area contributed by atoms with Gasteiger partial charge in [0.15, 0.2) is 6.61 Å². The van der Waals surface area contributed by atoms with E-state index in [1.165, 1.54) is 19.1 Å². The highest BCUT2D eigenvalue weighted by molar-refractivity contribution is 6.31. The quantitative estimate of drug-likeness (QED) is 0.602. The van der Waals surface area contributed by atoms with Gasteiger partial charge in [-0.05, 0) is 37.3 Å². The molecular formula is C15H12ClF3N2O. The van der Waals surface area contributed by atoms with Gasteiger partial charge in [0.1, 0.15) is 0 Å². The first-order valence-corrected chi connectivity index (χ1v) is 6.69. The summed E-state index contributed by atoms with van der Waals surface area (Å²) in [4.78, 5) is 9.08. The van der Waals surface area contributed by atoms with Crippen LogP contribution in [0.5, 0.6) is 0 Å². The molecule has 3 nitrogen and oxygen atoms in total. The molecule has 0 aliphatic carbocycles. The van der Waals surface area contributed by atoms with Crippen molar-refractivity contribution in [2.24, 2.45) is 5.16 Å². The number of hydrogen-bond donors (Lipinski definition) is 0. The molecule has 0 bridgehead atoms. The van der Waals surface area contributed by atoms with Crippen LogP contribution < -0.4 is 0 Å². The lowest BCUT2D eigenvalue weighted by molar-refractivity contribution is -0.137. The van der Waals surface area contributed by atoms with Crippen molar-refractivity contribution in [1.82, 2.24) is 4.98 Å². The highest BCUT2D eigenvalue weighted by atomic mass is 35.5. The zero-order valence-corrected chi connectivity index (χ0v) is 12.3. The zero-order valence-electron chi connectivity index (χ0n) is 11.6. The van der Waals surface area contributed by atoms with Crippen molar-refractivity contribution < 1.29 is 18.0 Å². The van der Waals surface area contributed by atoms with E-state index in [0.29, 0.717) is 5.69 Å². The maximum atomic E-state index is 13.0. The van der Waals surface area contributed by atoms with Crippen LogP contribution in [0.1, 0.15) is 23.7 Å². The van der Waals surface area contributed by atoms with Crippen LogP contribution in [-0.2, 0) is 17.6 Å². The second kappa shape index (κ2) is 6.79. The van der Waals surface area contributed by atoms with Crippen molar-refractivity contribution in [3.63, 3.8) is 0 Å². The molecule has 1 aromatic heterocycles. The first-order valence-electron chi connectivity index (χ1n) is 6.31. The van der Waals surface area contributed by atoms with Crippen molar-refractivity contribution in [3.05, 3.63) is 64.4 Å². The average molecular weight is 329 g/mol. The minimum atomic E-state index is -4.49. The van der Waals surface area contributed by atoms with E-state index in [0.717, 1.165) is 6.07 Å². The molecule has 116 valence electrons. The Hall–Kier alpha value is -2.08. The van der Waals surface area contributed by atoms with Gasteiger partial charge in [-0.1, -0.05) is 22.8 Å². The van der Waals surface area contributed by atoms with Gasteiger partial charge >= 0.3 is 6.18 Å². The SMILES string of the molecule is CC(=NOCc1ccccn1)c1cc(Cl)ccc1C(F)(F)F. The van der Waals surface area contributed by atoms with E-state index in [2.05, 4.69) is 10.1 Å². The summed E-state index contributed by atoms with van der Waals surface area (Å²) in [6, 6.07) is 8.59. The molecule has 2 rings (SSSR count). The normalized spacial score (nSPS) is 12.3. The molecule has 0 radical (unpaired) electrons. The van der Waals surface area contributed by atoms with E-state index in [1.54, 1.807) is 24.4 Å². The van der Waals surface area contributed by atoms with Gasteiger partial charge in [-0.2, -0.15) is 13.2 Å². The van der Waals surface area contributed by atoms with Crippen LogP contribution in [0, 0.1) is 0 Å². The van der Waals surface area contributed by atoms with Crippen molar-refractivity contribution in [2.45, 2.75) is 19.7 Å². The Morgan fingerprint density at radius 1 is 1.27 bits per heavy atom. The van der Waals surface area contributed by atoms with Gasteiger partial charge in [0.25, 0.3) is 0 Å². The Kier molecular flexibility index (Phi) is 5.03. The Morgan fingerprint density at radius 2 is 2.05 bits per heavy atom. The molecule has 0 spiro atoms. The number of nitrogens with zero attached hydrogens (tertiary/aromatic N) is 2. The molecule has 0 amide bonds. The molecule has 1 aromatic carbocycles. The number of oxime groups is 1. The summed E-state index contributed by atoms with van der Waals surface area (Å²) in [5.74, 6) is 0. The Labute approximate surface area is 130 Å². The van der Waals surface area contributed by atoms with E-state index >= 15 is 0 Å². The number of pyridine rings is 1. The van der Waals surface area contributed by atoms with Gasteiger partial charge in [0.2, 0.25) is 0 Å². The van der Waals surface area contributed by atoms with Crippen LogP contribution in [0.15, 0.2) is 47.8 Å². The lowest BCUT2D eigenvalue weighted by Gasteiger charge is -2.12. The molecule has 0 saturated heterocycles. The third-order valence-corrected chi connectivity index (χ3v) is 3.05. The smallest absolute Gasteiger partial charge is 0.389 e. The fourth-order valence-electron chi connectivity index (χ4n) is 1.79. The van der Waals surface area contributed by atoms with Crippen LogP contribution in [0.25, 0.3) is 0 Å². The van der Waals surface area contributed by atoms with Crippen LogP contribution in [0.2, 0.25) is 5.02 Å². The van der Waals surface area contributed by atoms with Crippen molar-refractivity contribution in [2.75, 3.05) is 0 Å². The molecule has 0 N–H and O–H groups in total. The molecule has 0 saturated carbocycles. The molecule has 7 heteroatoms. The van der Waals surface area contributed by atoms with Crippen molar-refractivity contribution in [3.8, 4) is 0 Å². The highest BCUT2D eigenvalue weighted by Gasteiger charge is 2.34. The second-order valence-corrected chi connectivity index (χ2v) is 4.90. The number of hydrogen-bond acceptors (Lipinski definition) is 3. The maximum absolute atomic E-state index is 13.0. The topological polar surface area (TPSA) is 34.5 Å². The summed E-state index contributed by atoms with van der Waals surface area (Å²) in [6.45, 7) is 1.50. The molecule has 2 aromatic rings. The first kappa shape index (κ1) is 16.3. The van der Waals surface area contributed by atoms with Gasteiger partial charge in [-0.3, -0.25) is 4.98 Å². The monoisotopic (exact) mass is 328 g/mol. The van der Waals surface area contributed by atoms with Crippen LogP contribution in [0.4, 0.5) is 13.2 Å². The van der Waals surface area contributed by atoms with Crippen molar-refractivity contribution >= 4 is 17.3 Å². The Morgan fingerprint density at radius 3 is 2.68 bits per heavy atom. The first-order chi connectivity index (χ1) is 10.4. The van der Waals surface area contributed by atoms with Gasteiger partial charge in [-0.25, -0.2) is 0 Å². The largest absolute Gasteiger partial charge is 0.417 e. The van der Waals surface area contributed by atoms with E-state index in [-0.39, 0.29) is 22.9 Å². The minimum Gasteiger partial charge on any atom is -0.389 e. The minimum absolute atomic E-state index is 0.0695. The summed E-state index contributed by atoms with van der Waals surface area (Å²) in [6.07, 6.45) is -2.90. The number of aromatic nitrogens is 1. The van der Waals surface area contributed by atoms with E-state index in [1.807, 2.05) is 0 Å². The number of halogens is 4. The second-order valence-electron chi connectivity index (χ2n) is 4.46. The zero-order chi connectivity index (χ0) is 16.2. The van der Waals surface area contributed by atoms with Crippen LogP contribution in [-0.4, -0.2) is 10.7 Å². The molecule has 0 unspecified atom stereocenters. The molecule has 0 aliphatic rings. The fourth-order valence-corrected chi connectivity index (χ4v) is 1.96. The summed E-state index contributed by atoms with van der Waals surface area (Å²) in [5, 5.41) is 3.92. The predicted octanol–water partition coefficient (Wildman–Crippen LogP) is 4.69. The third-order valence-electron chi connectivity index (χ3n) is 2.82. The summed E-state index contributed by atoms with van der Waals surface area (Å²) >= 11 is 5.77. The maximum Gasteiger partial charge on any atom is 0.417 e. The molecule has 1 heterocycles. The van der Waals surface area contributed by atoms with Crippen molar-refractivity contribution in [1.29, 1.82) is 0 Å². The number of rotatable bonds is 4. The number of alkyl halides is 3. The van der Waals surface area contributed by atoms with E-state index in [4.69, 9.17) is 16.4 Å². The predicted molar refractivity (Wildman–Crippen MR) is 77.7 cm³/mol. The third kappa shape index (κ3) is 4.21. The summed E-state index contributed by atoms with van der Waals surface area (Å²) in [7, 11) is 0. The van der Waals surface area contributed by atoms with Gasteiger partial charge in [0, 0.05) is 16.8 Å². The van der Waals surface area contributed by atoms with E-state index < -0.39 is 11.7 Å². The van der Waals surface area contributed by atoms with E-state index in [9.17, 15) is 13.2 Å². The highest BCUT2D eigenvalue weighted by Crippen LogP contribution is 2.33. The molecule has 22 heavy (non-hydrogen) atoms. The summed E-state index contributed by atoms with van der Waals surface area (Å²) < 4.78 is 38.9. The van der Waals surface area contributed by atoms with Crippen LogP contribution in [0.3, 0.4) is 0 Å².